The highest BCUT2D eigenvalue weighted by Gasteiger charge is 2.37. The van der Waals surface area contributed by atoms with Crippen molar-refractivity contribution < 1.29 is 9.59 Å². The largest absolute Gasteiger partial charge is 0.363 e. The molecule has 2 saturated heterocycles. The number of carbonyl (C=O) groups is 2. The van der Waals surface area contributed by atoms with Gasteiger partial charge in [-0.25, -0.2) is 4.98 Å². The first kappa shape index (κ1) is 17.1. The van der Waals surface area contributed by atoms with Gasteiger partial charge in [0, 0.05) is 57.0 Å². The number of aromatic nitrogens is 1. The average Bonchev–Trinajstić information content (AvgIpc) is 3.11. The topological polar surface area (TPSA) is 56.8 Å². The second kappa shape index (κ2) is 7.42. The fourth-order valence-electron chi connectivity index (χ4n) is 3.22. The zero-order valence-corrected chi connectivity index (χ0v) is 15.1. The van der Waals surface area contributed by atoms with Crippen LogP contribution in [0.3, 0.4) is 0 Å². The zero-order chi connectivity index (χ0) is 17.1. The van der Waals surface area contributed by atoms with Crippen LogP contribution in [0.1, 0.15) is 23.2 Å². The van der Waals surface area contributed by atoms with Gasteiger partial charge in [-0.05, 0) is 25.0 Å². The lowest BCUT2D eigenvalue weighted by atomic mass is 10.1. The number of amides is 2. The Balaban J connectivity index is 1.76. The highest BCUT2D eigenvalue weighted by molar-refractivity contribution is 7.99. The lowest BCUT2D eigenvalue weighted by Gasteiger charge is -2.32. The normalized spacial score (nSPS) is 21.0. The van der Waals surface area contributed by atoms with Gasteiger partial charge in [0.1, 0.15) is 11.9 Å². The summed E-state index contributed by atoms with van der Waals surface area (Å²) >= 11 is 1.88. The standard InChI is InChI=1S/C17H24N4O2S/c1-19(2)15-12-13(5-6-18-15)16(22)21-7-3-4-14(21)17(23)20-8-10-24-11-9-20/h5-6,12,14H,3-4,7-11H2,1-2H3. The molecule has 7 heteroatoms. The van der Waals surface area contributed by atoms with E-state index in [-0.39, 0.29) is 17.9 Å². The summed E-state index contributed by atoms with van der Waals surface area (Å²) in [6.45, 7) is 2.24. The third-order valence-corrected chi connectivity index (χ3v) is 5.51. The number of pyridine rings is 1. The van der Waals surface area contributed by atoms with Gasteiger partial charge in [-0.3, -0.25) is 9.59 Å². The maximum Gasteiger partial charge on any atom is 0.254 e. The van der Waals surface area contributed by atoms with Gasteiger partial charge in [0.2, 0.25) is 5.91 Å². The number of carbonyl (C=O) groups excluding carboxylic acids is 2. The van der Waals surface area contributed by atoms with Crippen LogP contribution in [0.5, 0.6) is 0 Å². The van der Waals surface area contributed by atoms with E-state index in [9.17, 15) is 9.59 Å². The summed E-state index contributed by atoms with van der Waals surface area (Å²) in [6.07, 6.45) is 3.30. The van der Waals surface area contributed by atoms with Crippen LogP contribution in [0.4, 0.5) is 5.82 Å². The first-order valence-corrected chi connectivity index (χ1v) is 9.54. The van der Waals surface area contributed by atoms with E-state index in [4.69, 9.17) is 0 Å². The Morgan fingerprint density at radius 1 is 1.25 bits per heavy atom. The molecule has 1 atom stereocenters. The van der Waals surface area contributed by atoms with Crippen LogP contribution in [-0.2, 0) is 4.79 Å². The highest BCUT2D eigenvalue weighted by Crippen LogP contribution is 2.24. The number of thioether (sulfide) groups is 1. The molecular formula is C17H24N4O2S. The average molecular weight is 348 g/mol. The van der Waals surface area contributed by atoms with E-state index in [1.54, 1.807) is 23.2 Å². The summed E-state index contributed by atoms with van der Waals surface area (Å²) in [6, 6.07) is 3.21. The van der Waals surface area contributed by atoms with Crippen molar-refractivity contribution in [3.63, 3.8) is 0 Å². The number of hydrogen-bond acceptors (Lipinski definition) is 5. The molecule has 0 saturated carbocycles. The molecule has 0 spiro atoms. The third kappa shape index (κ3) is 3.50. The monoisotopic (exact) mass is 348 g/mol. The van der Waals surface area contributed by atoms with Crippen LogP contribution >= 0.6 is 11.8 Å². The second-order valence-corrected chi connectivity index (χ2v) is 7.62. The molecule has 0 N–H and O–H groups in total. The summed E-state index contributed by atoms with van der Waals surface area (Å²) in [5.74, 6) is 2.77. The predicted molar refractivity (Wildman–Crippen MR) is 96.5 cm³/mol. The van der Waals surface area contributed by atoms with E-state index in [0.29, 0.717) is 12.1 Å². The summed E-state index contributed by atoms with van der Waals surface area (Å²) in [5, 5.41) is 0. The minimum absolute atomic E-state index is 0.0669. The van der Waals surface area contributed by atoms with E-state index in [2.05, 4.69) is 4.98 Å². The van der Waals surface area contributed by atoms with Crippen molar-refractivity contribution in [1.82, 2.24) is 14.8 Å². The summed E-state index contributed by atoms with van der Waals surface area (Å²) in [4.78, 5) is 35.5. The number of rotatable bonds is 3. The molecule has 2 fully saturated rings. The second-order valence-electron chi connectivity index (χ2n) is 6.39. The molecule has 0 aliphatic carbocycles. The van der Waals surface area contributed by atoms with Crippen LogP contribution in [0.15, 0.2) is 18.3 Å². The molecule has 2 amide bonds. The Bertz CT molecular complexity index is 616. The van der Waals surface area contributed by atoms with E-state index in [0.717, 1.165) is 43.3 Å². The molecule has 3 rings (SSSR count). The van der Waals surface area contributed by atoms with Gasteiger partial charge in [-0.2, -0.15) is 11.8 Å². The fourth-order valence-corrected chi connectivity index (χ4v) is 4.13. The Labute approximate surface area is 147 Å². The Kier molecular flexibility index (Phi) is 5.28. The fraction of sp³-hybridized carbons (Fsp3) is 0.588. The van der Waals surface area contributed by atoms with Crippen LogP contribution < -0.4 is 4.90 Å². The van der Waals surface area contributed by atoms with Gasteiger partial charge in [-0.15, -0.1) is 0 Å². The lowest BCUT2D eigenvalue weighted by molar-refractivity contribution is -0.134. The molecule has 1 aromatic rings. The smallest absolute Gasteiger partial charge is 0.254 e. The molecule has 24 heavy (non-hydrogen) atoms. The SMILES string of the molecule is CN(C)c1cc(C(=O)N2CCCC2C(=O)N2CCSCC2)ccn1. The number of hydrogen-bond donors (Lipinski definition) is 0. The van der Waals surface area contributed by atoms with Crippen molar-refractivity contribution in [3.05, 3.63) is 23.9 Å². The maximum atomic E-state index is 12.9. The number of nitrogens with zero attached hydrogens (tertiary/aromatic N) is 4. The van der Waals surface area contributed by atoms with Crippen molar-refractivity contribution in [3.8, 4) is 0 Å². The first-order valence-electron chi connectivity index (χ1n) is 8.39. The molecule has 2 aliphatic heterocycles. The molecule has 3 heterocycles. The minimum Gasteiger partial charge on any atom is -0.363 e. The lowest BCUT2D eigenvalue weighted by Crippen LogP contribution is -2.50. The molecule has 6 nitrogen and oxygen atoms in total. The van der Waals surface area contributed by atoms with Gasteiger partial charge >= 0.3 is 0 Å². The molecule has 2 aliphatic rings. The zero-order valence-electron chi connectivity index (χ0n) is 14.3. The van der Waals surface area contributed by atoms with Gasteiger partial charge in [0.15, 0.2) is 0 Å². The van der Waals surface area contributed by atoms with Crippen molar-refractivity contribution in [1.29, 1.82) is 0 Å². The molecule has 130 valence electrons. The summed E-state index contributed by atoms with van der Waals surface area (Å²) < 4.78 is 0. The van der Waals surface area contributed by atoms with E-state index < -0.39 is 0 Å². The molecule has 0 aromatic carbocycles. The molecular weight excluding hydrogens is 324 g/mol. The summed E-state index contributed by atoms with van der Waals surface area (Å²) in [7, 11) is 3.79. The van der Waals surface area contributed by atoms with Crippen LogP contribution in [0, 0.1) is 0 Å². The Morgan fingerprint density at radius 2 is 2.00 bits per heavy atom. The Morgan fingerprint density at radius 3 is 2.71 bits per heavy atom. The van der Waals surface area contributed by atoms with Crippen molar-refractivity contribution in [2.24, 2.45) is 0 Å². The van der Waals surface area contributed by atoms with Crippen molar-refractivity contribution >= 4 is 29.4 Å². The van der Waals surface area contributed by atoms with Crippen molar-refractivity contribution in [2.45, 2.75) is 18.9 Å². The van der Waals surface area contributed by atoms with Crippen molar-refractivity contribution in [2.75, 3.05) is 50.1 Å². The first-order chi connectivity index (χ1) is 11.6. The minimum atomic E-state index is -0.309. The van der Waals surface area contributed by atoms with E-state index in [1.807, 2.05) is 35.7 Å². The predicted octanol–water partition coefficient (Wildman–Crippen LogP) is 1.33. The van der Waals surface area contributed by atoms with Gasteiger partial charge < -0.3 is 14.7 Å². The number of anilines is 1. The van der Waals surface area contributed by atoms with Gasteiger partial charge in [0.05, 0.1) is 0 Å². The maximum absolute atomic E-state index is 12.9. The van der Waals surface area contributed by atoms with E-state index >= 15 is 0 Å². The van der Waals surface area contributed by atoms with Gasteiger partial charge in [-0.1, -0.05) is 0 Å². The van der Waals surface area contributed by atoms with Crippen LogP contribution in [0.2, 0.25) is 0 Å². The highest BCUT2D eigenvalue weighted by atomic mass is 32.2. The Hall–Kier alpha value is -1.76. The molecule has 0 bridgehead atoms. The van der Waals surface area contributed by atoms with Gasteiger partial charge in [0.25, 0.3) is 5.91 Å². The third-order valence-electron chi connectivity index (χ3n) is 4.57. The summed E-state index contributed by atoms with van der Waals surface area (Å²) in [5.41, 5.74) is 0.600. The molecule has 0 radical (unpaired) electrons. The molecule has 1 unspecified atom stereocenters. The van der Waals surface area contributed by atoms with E-state index in [1.165, 1.54) is 0 Å². The van der Waals surface area contributed by atoms with Crippen LogP contribution in [-0.4, -0.2) is 77.9 Å². The number of likely N-dealkylation sites (tertiary alicyclic amines) is 1. The molecule has 1 aromatic heterocycles. The van der Waals surface area contributed by atoms with Crippen LogP contribution in [0.25, 0.3) is 0 Å². The quantitative estimate of drug-likeness (QED) is 0.825.